The number of carbonyl (C=O) groups excluding carboxylic acids is 1. The fourth-order valence-electron chi connectivity index (χ4n) is 3.24. The Kier molecular flexibility index (Phi) is 6.79. The van der Waals surface area contributed by atoms with E-state index >= 15 is 0 Å². The van der Waals surface area contributed by atoms with E-state index in [0.29, 0.717) is 17.3 Å². The van der Waals surface area contributed by atoms with E-state index in [9.17, 15) is 13.2 Å². The van der Waals surface area contributed by atoms with Crippen LogP contribution in [0.4, 0.5) is 5.69 Å². The van der Waals surface area contributed by atoms with E-state index in [0.717, 1.165) is 12.0 Å². The molecule has 3 rings (SSSR count). The van der Waals surface area contributed by atoms with Crippen LogP contribution in [0, 0.1) is 5.92 Å². The van der Waals surface area contributed by atoms with Crippen molar-refractivity contribution in [2.24, 2.45) is 5.92 Å². The van der Waals surface area contributed by atoms with E-state index in [1.807, 2.05) is 24.3 Å². The van der Waals surface area contributed by atoms with Crippen LogP contribution in [0.15, 0.2) is 48.5 Å². The van der Waals surface area contributed by atoms with Crippen molar-refractivity contribution in [3.05, 3.63) is 64.7 Å². The van der Waals surface area contributed by atoms with E-state index in [1.54, 1.807) is 31.2 Å². The van der Waals surface area contributed by atoms with Gasteiger partial charge in [0.1, 0.15) is 0 Å². The number of halogens is 1. The van der Waals surface area contributed by atoms with Crippen LogP contribution in [0.1, 0.15) is 25.0 Å². The van der Waals surface area contributed by atoms with Gasteiger partial charge in [0.15, 0.2) is 5.37 Å². The summed E-state index contributed by atoms with van der Waals surface area (Å²) < 4.78 is 28.2. The molecule has 0 spiro atoms. The van der Waals surface area contributed by atoms with Crippen LogP contribution in [0.25, 0.3) is 0 Å². The highest BCUT2D eigenvalue weighted by Gasteiger charge is 2.45. The first-order valence-corrected chi connectivity index (χ1v) is 11.4. The molecule has 3 atom stereocenters. The lowest BCUT2D eigenvalue weighted by Crippen LogP contribution is -2.47. The summed E-state index contributed by atoms with van der Waals surface area (Å²) in [4.78, 5) is 12.8. The van der Waals surface area contributed by atoms with Crippen molar-refractivity contribution in [3.8, 4) is 0 Å². The molecule has 0 saturated carbocycles. The lowest BCUT2D eigenvalue weighted by molar-refractivity contribution is -0.125. The fourth-order valence-corrected chi connectivity index (χ4v) is 4.92. The minimum atomic E-state index is -3.87. The Labute approximate surface area is 176 Å². The number of amides is 1. The fraction of sp³-hybridized carbons (Fsp3) is 0.350. The van der Waals surface area contributed by atoms with Gasteiger partial charge in [-0.15, -0.1) is 0 Å². The second-order valence-electron chi connectivity index (χ2n) is 7.07. The molecule has 0 aliphatic carbocycles. The maximum absolute atomic E-state index is 12.9. The van der Waals surface area contributed by atoms with Gasteiger partial charge < -0.3 is 5.32 Å². The van der Waals surface area contributed by atoms with Gasteiger partial charge in [-0.25, -0.2) is 13.8 Å². The van der Waals surface area contributed by atoms with E-state index in [1.165, 1.54) is 5.56 Å². The number of hydrogen-bond donors (Lipinski definition) is 4. The van der Waals surface area contributed by atoms with Crippen LogP contribution in [0.2, 0.25) is 5.02 Å². The van der Waals surface area contributed by atoms with E-state index < -0.39 is 21.3 Å². The summed E-state index contributed by atoms with van der Waals surface area (Å²) in [5.74, 6) is -1.13. The van der Waals surface area contributed by atoms with Crippen LogP contribution in [0.5, 0.6) is 0 Å². The topological polar surface area (TPSA) is 99.3 Å². The molecule has 1 aliphatic rings. The molecule has 3 unspecified atom stereocenters. The zero-order valence-electron chi connectivity index (χ0n) is 16.3. The van der Waals surface area contributed by atoms with Gasteiger partial charge in [0.2, 0.25) is 5.91 Å². The third kappa shape index (κ3) is 5.27. The second-order valence-corrected chi connectivity index (χ2v) is 9.30. The number of nitrogens with one attached hydrogen (secondary N) is 4. The smallest absolute Gasteiger partial charge is 0.250 e. The summed E-state index contributed by atoms with van der Waals surface area (Å²) in [6.45, 7) is 4.19. The first-order chi connectivity index (χ1) is 13.8. The molecular formula is C20H25ClN4O3S. The average Bonchev–Trinajstić information content (AvgIpc) is 3.10. The van der Waals surface area contributed by atoms with E-state index in [2.05, 4.69) is 27.8 Å². The second kappa shape index (κ2) is 9.13. The van der Waals surface area contributed by atoms with Gasteiger partial charge in [0.25, 0.3) is 10.0 Å². The first kappa shape index (κ1) is 21.6. The Morgan fingerprint density at radius 2 is 1.66 bits per heavy atom. The average molecular weight is 437 g/mol. The van der Waals surface area contributed by atoms with E-state index in [-0.39, 0.29) is 11.9 Å². The van der Waals surface area contributed by atoms with Crippen LogP contribution >= 0.6 is 11.6 Å². The number of carbonyl (C=O) groups is 1. The van der Waals surface area contributed by atoms with Crippen LogP contribution in [0.3, 0.4) is 0 Å². The summed E-state index contributed by atoms with van der Waals surface area (Å²) in [6.07, 6.45) is 0.948. The predicted octanol–water partition coefficient (Wildman–Crippen LogP) is 2.40. The molecule has 0 radical (unpaired) electrons. The predicted molar refractivity (Wildman–Crippen MR) is 115 cm³/mol. The van der Waals surface area contributed by atoms with Crippen LogP contribution < -0.4 is 20.9 Å². The zero-order valence-corrected chi connectivity index (χ0v) is 17.8. The van der Waals surface area contributed by atoms with Crippen molar-refractivity contribution >= 4 is 33.2 Å². The van der Waals surface area contributed by atoms with Crippen molar-refractivity contribution in [1.82, 2.24) is 16.2 Å². The Bertz CT molecular complexity index is 949. The van der Waals surface area contributed by atoms with Gasteiger partial charge >= 0.3 is 0 Å². The SMILES string of the molecule is CCc1ccc(CNC(=O)C2C(C)NNC2S(=O)(=O)Nc2ccc(Cl)cc2)cc1. The molecule has 0 aromatic heterocycles. The minimum absolute atomic E-state index is 0.332. The highest BCUT2D eigenvalue weighted by molar-refractivity contribution is 7.93. The normalized spacial score (nSPS) is 21.7. The third-order valence-electron chi connectivity index (χ3n) is 4.96. The van der Waals surface area contributed by atoms with E-state index in [4.69, 9.17) is 11.6 Å². The molecule has 2 aromatic carbocycles. The maximum Gasteiger partial charge on any atom is 0.250 e. The molecule has 9 heteroatoms. The molecule has 2 aromatic rings. The van der Waals surface area contributed by atoms with Crippen LogP contribution in [-0.4, -0.2) is 25.7 Å². The molecule has 156 valence electrons. The number of hydrazine groups is 1. The van der Waals surface area contributed by atoms with Gasteiger partial charge in [-0.2, -0.15) is 0 Å². The lowest BCUT2D eigenvalue weighted by Gasteiger charge is -2.21. The number of rotatable bonds is 7. The number of anilines is 1. The molecule has 0 bridgehead atoms. The van der Waals surface area contributed by atoms with Gasteiger partial charge in [0.05, 0.1) is 5.92 Å². The maximum atomic E-state index is 12.9. The number of benzene rings is 2. The van der Waals surface area contributed by atoms with Crippen molar-refractivity contribution < 1.29 is 13.2 Å². The van der Waals surface area contributed by atoms with Gasteiger partial charge in [0, 0.05) is 23.3 Å². The first-order valence-electron chi connectivity index (χ1n) is 9.44. The quantitative estimate of drug-likeness (QED) is 0.534. The summed E-state index contributed by atoms with van der Waals surface area (Å²) >= 11 is 5.84. The number of sulfonamides is 1. The molecule has 1 heterocycles. The Morgan fingerprint density at radius 3 is 2.28 bits per heavy atom. The summed E-state index contributed by atoms with van der Waals surface area (Å²) in [7, 11) is -3.87. The molecule has 4 N–H and O–H groups in total. The zero-order chi connectivity index (χ0) is 21.0. The molecule has 1 saturated heterocycles. The standard InChI is InChI=1S/C20H25ClN4O3S/c1-3-14-4-6-15(7-5-14)12-22-19(26)18-13(2)23-24-20(18)29(27,28)25-17-10-8-16(21)9-11-17/h4-11,13,18,20,23-25H,3,12H2,1-2H3,(H,22,26). The highest BCUT2D eigenvalue weighted by Crippen LogP contribution is 2.23. The van der Waals surface area contributed by atoms with Crippen LogP contribution in [-0.2, 0) is 27.8 Å². The van der Waals surface area contributed by atoms with Crippen molar-refractivity contribution in [3.63, 3.8) is 0 Å². The summed E-state index contributed by atoms with van der Waals surface area (Å²) in [5.41, 5.74) is 8.16. The molecule has 29 heavy (non-hydrogen) atoms. The van der Waals surface area contributed by atoms with Crippen molar-refractivity contribution in [2.45, 2.75) is 38.2 Å². The Balaban J connectivity index is 1.68. The number of aryl methyl sites for hydroxylation is 1. The molecule has 7 nitrogen and oxygen atoms in total. The molecule has 1 aliphatic heterocycles. The summed E-state index contributed by atoms with van der Waals surface area (Å²) in [6, 6.07) is 13.9. The number of hydrogen-bond acceptors (Lipinski definition) is 5. The third-order valence-corrected chi connectivity index (χ3v) is 6.81. The highest BCUT2D eigenvalue weighted by atomic mass is 35.5. The molecule has 1 amide bonds. The molecule has 1 fully saturated rings. The monoisotopic (exact) mass is 436 g/mol. The molecular weight excluding hydrogens is 412 g/mol. The Hall–Kier alpha value is -2.13. The largest absolute Gasteiger partial charge is 0.352 e. The Morgan fingerprint density at radius 1 is 1.03 bits per heavy atom. The van der Waals surface area contributed by atoms with Gasteiger partial charge in [-0.1, -0.05) is 42.8 Å². The lowest BCUT2D eigenvalue weighted by atomic mass is 10.0. The van der Waals surface area contributed by atoms with Gasteiger partial charge in [-0.05, 0) is 48.7 Å². The van der Waals surface area contributed by atoms with Gasteiger partial charge in [-0.3, -0.25) is 14.9 Å². The minimum Gasteiger partial charge on any atom is -0.352 e. The van der Waals surface area contributed by atoms with Crippen molar-refractivity contribution in [1.29, 1.82) is 0 Å². The summed E-state index contributed by atoms with van der Waals surface area (Å²) in [5, 5.41) is 2.24. The van der Waals surface area contributed by atoms with Crippen molar-refractivity contribution in [2.75, 3.05) is 4.72 Å².